The molecule has 44 heavy (non-hydrogen) atoms. The summed E-state index contributed by atoms with van der Waals surface area (Å²) in [6.45, 7) is 12.5. The molecule has 0 aliphatic carbocycles. The first-order valence-corrected chi connectivity index (χ1v) is 15.2. The number of halogens is 5. The molecule has 3 aromatic rings. The summed E-state index contributed by atoms with van der Waals surface area (Å²) in [5, 5.41) is 9.51. The maximum atomic E-state index is 11.0. The van der Waals surface area contributed by atoms with Crippen LogP contribution in [0.5, 0.6) is 17.2 Å². The van der Waals surface area contributed by atoms with Crippen molar-refractivity contribution >= 4 is 13.5 Å². The van der Waals surface area contributed by atoms with Gasteiger partial charge in [0, 0.05) is 11.1 Å². The number of phenolic OH excluding ortho intramolecular Hbond substituents is 1. The quantitative estimate of drug-likeness (QED) is 0.167. The first-order chi connectivity index (χ1) is 19.2. The van der Waals surface area contributed by atoms with Crippen LogP contribution < -0.4 is 35.4 Å². The Morgan fingerprint density at radius 1 is 0.795 bits per heavy atom. The van der Waals surface area contributed by atoms with Crippen LogP contribution in [0.25, 0.3) is 0 Å². The summed E-state index contributed by atoms with van der Waals surface area (Å²) < 4.78 is 47.4. The van der Waals surface area contributed by atoms with Crippen molar-refractivity contribution in [3.8, 4) is 17.2 Å². The molecule has 0 amide bonds. The average molecular weight is 738 g/mol. The van der Waals surface area contributed by atoms with E-state index in [4.69, 9.17) is 9.47 Å². The van der Waals surface area contributed by atoms with E-state index in [0.717, 1.165) is 28.2 Å². The molecular formula is C33H48BF4IO5. The van der Waals surface area contributed by atoms with Gasteiger partial charge >= 0.3 is 34.7 Å². The van der Waals surface area contributed by atoms with Gasteiger partial charge in [-0.1, -0.05) is 54.7 Å². The van der Waals surface area contributed by atoms with E-state index < -0.39 is 7.54 Å². The molecule has 248 valence electrons. The van der Waals surface area contributed by atoms with Crippen molar-refractivity contribution in [3.05, 3.63) is 83.5 Å². The molecule has 0 atom stereocenters. The molecule has 0 heterocycles. The number of carbonyl (C=O) groups is 1. The maximum absolute atomic E-state index is 11.0. The summed E-state index contributed by atoms with van der Waals surface area (Å²) in [4.78, 5) is 11.0. The van der Waals surface area contributed by atoms with Crippen molar-refractivity contribution in [2.24, 2.45) is 0 Å². The Kier molecular flexibility index (Phi) is 23.3. The number of methoxy groups -OCH3 is 3. The van der Waals surface area contributed by atoms with Gasteiger partial charge in [0.15, 0.2) is 7.14 Å². The number of carbonyl (C=O) groups excluding carboxylic acids is 1. The lowest BCUT2D eigenvalue weighted by molar-refractivity contribution is -0.597. The van der Waals surface area contributed by atoms with Crippen LogP contribution in [0.3, 0.4) is 0 Å². The smallest absolute Gasteiger partial charge is 0.762 e. The summed E-state index contributed by atoms with van der Waals surface area (Å²) in [5.74, 6) is 2.94. The van der Waals surface area contributed by atoms with Crippen LogP contribution in [-0.2, 0) is 16.0 Å². The van der Waals surface area contributed by atoms with E-state index in [1.807, 2.05) is 13.8 Å². The molecule has 3 rings (SSSR count). The number of benzene rings is 3. The van der Waals surface area contributed by atoms with E-state index in [1.165, 1.54) is 25.4 Å². The highest BCUT2D eigenvalue weighted by molar-refractivity contribution is 6.33. The van der Waals surface area contributed by atoms with E-state index in [0.29, 0.717) is 17.6 Å². The van der Waals surface area contributed by atoms with E-state index in [2.05, 4.69) is 68.8 Å². The number of hydrogen-bond donors (Lipinski definition) is 1. The Labute approximate surface area is 272 Å². The highest BCUT2D eigenvalue weighted by Gasteiger charge is 2.21. The lowest BCUT2D eigenvalue weighted by atomic mass is 10.0. The second kappa shape index (κ2) is 22.5. The van der Waals surface area contributed by atoms with Crippen LogP contribution in [0.15, 0.2) is 48.5 Å². The van der Waals surface area contributed by atoms with Crippen molar-refractivity contribution in [2.75, 3.05) is 21.3 Å². The van der Waals surface area contributed by atoms with Crippen molar-refractivity contribution in [1.82, 2.24) is 0 Å². The number of ether oxygens (including phenoxy) is 3. The molecule has 5 nitrogen and oxygen atoms in total. The van der Waals surface area contributed by atoms with Crippen molar-refractivity contribution < 1.29 is 63.0 Å². The zero-order chi connectivity index (χ0) is 31.3. The van der Waals surface area contributed by atoms with Crippen molar-refractivity contribution in [2.45, 2.75) is 74.7 Å². The van der Waals surface area contributed by atoms with Crippen LogP contribution in [-0.4, -0.2) is 39.9 Å². The van der Waals surface area contributed by atoms with Gasteiger partial charge in [-0.05, 0) is 78.8 Å². The number of aryl methyl sites for hydroxylation is 2. The van der Waals surface area contributed by atoms with Crippen LogP contribution >= 0.6 is 0 Å². The standard InChI is InChI=1S/C20H26IO2.C11H14O3.2CH4.BF3.FH/c1-13(2)17-11-15(7-9-19(17)22-5)21-16-8-10-20(23-6)18(12-16)14(3)4;1-7-4-9(6-10(12)14-3)5-8(2)11(7)13;;;2-1(3)4;/h7-14H,1-6H3;4-5,13H,6H2,1-3H3;2*1H4;;1H/q+1;;;;;/p-1. The van der Waals surface area contributed by atoms with E-state index in [9.17, 15) is 22.8 Å². The average Bonchev–Trinajstić information content (AvgIpc) is 2.91. The topological polar surface area (TPSA) is 65.0 Å². The normalized spacial score (nSPS) is 9.59. The zero-order valence-electron chi connectivity index (χ0n) is 25.5. The Bertz CT molecular complexity index is 1190. The second-order valence-corrected chi connectivity index (χ2v) is 12.8. The highest BCUT2D eigenvalue weighted by atomic mass is 127. The molecule has 1 N–H and O–H groups in total. The summed E-state index contributed by atoms with van der Waals surface area (Å²) in [7, 11) is 1.19. The first kappa shape index (κ1) is 45.5. The van der Waals surface area contributed by atoms with E-state index in [-0.39, 0.29) is 53.2 Å². The monoisotopic (exact) mass is 738 g/mol. The fourth-order valence-electron chi connectivity index (χ4n) is 3.94. The number of aromatic hydroxyl groups is 1. The first-order valence-electron chi connectivity index (χ1n) is 13.0. The molecular weight excluding hydrogens is 690 g/mol. The Morgan fingerprint density at radius 3 is 1.45 bits per heavy atom. The van der Waals surface area contributed by atoms with Gasteiger partial charge in [0.1, 0.15) is 17.2 Å². The number of rotatable bonds is 8. The molecule has 0 bridgehead atoms. The number of hydrogen-bond acceptors (Lipinski definition) is 5. The Morgan fingerprint density at radius 2 is 1.16 bits per heavy atom. The predicted octanol–water partition coefficient (Wildman–Crippen LogP) is 2.96. The molecule has 0 aromatic heterocycles. The van der Waals surface area contributed by atoms with Crippen LogP contribution in [0.1, 0.15) is 82.2 Å². The van der Waals surface area contributed by atoms with Gasteiger partial charge in [-0.3, -0.25) is 17.7 Å². The van der Waals surface area contributed by atoms with Gasteiger partial charge in [0.25, 0.3) is 0 Å². The van der Waals surface area contributed by atoms with Crippen LogP contribution in [0.2, 0.25) is 0 Å². The molecule has 11 heteroatoms. The minimum absolute atomic E-state index is 0. The minimum Gasteiger partial charge on any atom is -1.00 e. The second-order valence-electron chi connectivity index (χ2n) is 9.76. The fourth-order valence-corrected chi connectivity index (χ4v) is 6.36. The molecule has 0 radical (unpaired) electrons. The highest BCUT2D eigenvalue weighted by Crippen LogP contribution is 2.27. The van der Waals surface area contributed by atoms with Gasteiger partial charge in [0.2, 0.25) is 0 Å². The SMILES string of the molecule is C.C.COC(=O)Cc1cc(C)c(O)c(C)c1.COc1ccc([I+]c2ccc(OC)c(C(C)C)c2)cc1C(C)C.FB(F)F.[F-]. The molecule has 0 fully saturated rings. The van der Waals surface area contributed by atoms with Gasteiger partial charge in [-0.15, -0.1) is 0 Å². The van der Waals surface area contributed by atoms with Gasteiger partial charge in [0.05, 0.1) is 27.8 Å². The molecule has 0 spiro atoms. The zero-order valence-corrected chi connectivity index (χ0v) is 27.7. The summed E-state index contributed by atoms with van der Waals surface area (Å²) in [6, 6.07) is 16.8. The van der Waals surface area contributed by atoms with E-state index >= 15 is 0 Å². The number of esters is 1. The van der Waals surface area contributed by atoms with Crippen LogP contribution in [0, 0.1) is 21.0 Å². The summed E-state index contributed by atoms with van der Waals surface area (Å²) in [5.41, 5.74) is 5.02. The van der Waals surface area contributed by atoms with Gasteiger partial charge < -0.3 is 24.0 Å². The van der Waals surface area contributed by atoms with Crippen molar-refractivity contribution in [3.63, 3.8) is 0 Å². The molecule has 0 aliphatic rings. The summed E-state index contributed by atoms with van der Waals surface area (Å²) in [6.07, 6.45) is 0.248. The molecule has 3 aromatic carbocycles. The lowest BCUT2D eigenvalue weighted by Gasteiger charge is -2.11. The Balaban J connectivity index is -0.000000691. The largest absolute Gasteiger partial charge is 1.00 e. The minimum atomic E-state index is -3.67. The molecule has 0 unspecified atom stereocenters. The number of phenols is 1. The molecule has 0 aliphatic heterocycles. The van der Waals surface area contributed by atoms with Gasteiger partial charge in [-0.25, -0.2) is 0 Å². The van der Waals surface area contributed by atoms with E-state index in [1.54, 1.807) is 26.4 Å². The predicted molar refractivity (Wildman–Crippen MR) is 167 cm³/mol. The van der Waals surface area contributed by atoms with Crippen molar-refractivity contribution in [1.29, 1.82) is 0 Å². The summed E-state index contributed by atoms with van der Waals surface area (Å²) >= 11 is -0.203. The van der Waals surface area contributed by atoms with Gasteiger partial charge in [-0.2, -0.15) is 0 Å². The lowest BCUT2D eigenvalue weighted by Crippen LogP contribution is -3.61. The molecule has 0 saturated heterocycles. The maximum Gasteiger partial charge on any atom is 0.762 e. The fraction of sp³-hybridized carbons (Fsp3) is 0.424. The molecule has 0 saturated carbocycles. The Hall–Kier alpha value is -2.96. The third-order valence-corrected chi connectivity index (χ3v) is 8.56. The third-order valence-electron chi connectivity index (χ3n) is 5.97. The third kappa shape index (κ3) is 15.2. The van der Waals surface area contributed by atoms with Crippen LogP contribution in [0.4, 0.5) is 12.9 Å².